The van der Waals surface area contributed by atoms with Crippen LogP contribution in [0, 0.1) is 24.7 Å². The van der Waals surface area contributed by atoms with E-state index in [1.165, 1.54) is 12.7 Å². The van der Waals surface area contributed by atoms with Crippen molar-refractivity contribution in [3.8, 4) is 5.75 Å². The molecule has 31 heavy (non-hydrogen) atoms. The molecule has 0 radical (unpaired) electrons. The Labute approximate surface area is 183 Å². The molecule has 1 N–H and O–H groups in total. The molecule has 2 fully saturated rings. The number of nitrogens with one attached hydrogen (secondary N) is 1. The zero-order valence-corrected chi connectivity index (χ0v) is 18.3. The molecule has 162 valence electrons. The molecule has 2 aromatic rings. The molecular weight excluding hydrogens is 390 g/mol. The summed E-state index contributed by atoms with van der Waals surface area (Å²) in [5.41, 5.74) is 4.95. The van der Waals surface area contributed by atoms with Gasteiger partial charge in [-0.25, -0.2) is 4.79 Å². The molecule has 2 aliphatic rings. The Hall–Kier alpha value is -3.08. The van der Waals surface area contributed by atoms with Crippen molar-refractivity contribution in [2.75, 3.05) is 14.2 Å². The topological polar surface area (TPSA) is 64.6 Å². The van der Waals surface area contributed by atoms with E-state index < -0.39 is 0 Å². The number of ether oxygens (including phenoxy) is 2. The summed E-state index contributed by atoms with van der Waals surface area (Å²) in [4.78, 5) is 24.7. The maximum absolute atomic E-state index is 13.2. The third-order valence-electron chi connectivity index (χ3n) is 6.54. The lowest BCUT2D eigenvalue weighted by atomic mass is 9.82. The highest BCUT2D eigenvalue weighted by Crippen LogP contribution is 2.52. The minimum Gasteiger partial charge on any atom is -0.497 e. The van der Waals surface area contributed by atoms with Crippen LogP contribution in [0.15, 0.2) is 48.0 Å². The summed E-state index contributed by atoms with van der Waals surface area (Å²) in [6, 6.07) is 13.3. The van der Waals surface area contributed by atoms with Gasteiger partial charge in [0.25, 0.3) is 0 Å². The third kappa shape index (κ3) is 4.50. The quantitative estimate of drug-likeness (QED) is 0.699. The number of rotatable bonds is 6. The minimum atomic E-state index is -0.361. The Bertz CT molecular complexity index is 1010. The van der Waals surface area contributed by atoms with Crippen molar-refractivity contribution in [1.82, 2.24) is 5.32 Å². The van der Waals surface area contributed by atoms with Crippen LogP contribution in [-0.4, -0.2) is 26.1 Å². The molecule has 1 amide bonds. The van der Waals surface area contributed by atoms with Crippen LogP contribution in [0.3, 0.4) is 0 Å². The van der Waals surface area contributed by atoms with Gasteiger partial charge >= 0.3 is 5.97 Å². The number of hydrogen-bond acceptors (Lipinski definition) is 4. The molecule has 0 aromatic heterocycles. The fraction of sp³-hybridized carbons (Fsp3) is 0.385. The summed E-state index contributed by atoms with van der Waals surface area (Å²) in [5.74, 6) is 1.41. The van der Waals surface area contributed by atoms with Crippen LogP contribution in [0.2, 0.25) is 0 Å². The maximum atomic E-state index is 13.2. The van der Waals surface area contributed by atoms with Crippen LogP contribution in [0.1, 0.15) is 46.3 Å². The van der Waals surface area contributed by atoms with Gasteiger partial charge in [0.05, 0.1) is 25.7 Å². The summed E-state index contributed by atoms with van der Waals surface area (Å²) in [6.07, 6.45) is 5.58. The van der Waals surface area contributed by atoms with Gasteiger partial charge in [0.2, 0.25) is 5.91 Å². The van der Waals surface area contributed by atoms with Gasteiger partial charge in [0.1, 0.15) is 5.75 Å². The highest BCUT2D eigenvalue weighted by atomic mass is 16.5. The Balaban J connectivity index is 1.49. The van der Waals surface area contributed by atoms with Crippen LogP contribution in [0.5, 0.6) is 5.75 Å². The van der Waals surface area contributed by atoms with E-state index in [4.69, 9.17) is 9.47 Å². The molecule has 0 spiro atoms. The summed E-state index contributed by atoms with van der Waals surface area (Å²) < 4.78 is 10.1. The Kier molecular flexibility index (Phi) is 6.12. The van der Waals surface area contributed by atoms with Gasteiger partial charge in [-0.3, -0.25) is 4.79 Å². The number of esters is 1. The zero-order chi connectivity index (χ0) is 22.0. The van der Waals surface area contributed by atoms with Crippen molar-refractivity contribution in [2.24, 2.45) is 17.8 Å². The van der Waals surface area contributed by atoms with E-state index in [2.05, 4.69) is 24.4 Å². The normalized spacial score (nSPS) is 23.1. The van der Waals surface area contributed by atoms with Crippen molar-refractivity contribution < 1.29 is 19.1 Å². The fourth-order valence-corrected chi connectivity index (χ4v) is 5.07. The van der Waals surface area contributed by atoms with Crippen LogP contribution >= 0.6 is 0 Å². The van der Waals surface area contributed by atoms with Crippen molar-refractivity contribution in [1.29, 1.82) is 0 Å². The van der Waals surface area contributed by atoms with E-state index in [-0.39, 0.29) is 17.8 Å². The van der Waals surface area contributed by atoms with E-state index in [1.807, 2.05) is 24.3 Å². The van der Waals surface area contributed by atoms with Gasteiger partial charge in [-0.1, -0.05) is 29.8 Å². The van der Waals surface area contributed by atoms with E-state index in [9.17, 15) is 9.59 Å². The molecule has 3 unspecified atom stereocenters. The van der Waals surface area contributed by atoms with Crippen molar-refractivity contribution in [3.05, 3.63) is 70.3 Å². The lowest BCUT2D eigenvalue weighted by Gasteiger charge is -2.24. The Morgan fingerprint density at radius 2 is 1.87 bits per heavy atom. The molecule has 2 saturated carbocycles. The Morgan fingerprint density at radius 3 is 2.58 bits per heavy atom. The van der Waals surface area contributed by atoms with Crippen LogP contribution in [-0.2, 0) is 16.1 Å². The fourth-order valence-electron chi connectivity index (χ4n) is 5.07. The lowest BCUT2D eigenvalue weighted by molar-refractivity contribution is -0.125. The first-order valence-electron chi connectivity index (χ1n) is 10.8. The highest BCUT2D eigenvalue weighted by Gasteiger charge is 2.46. The number of methoxy groups -OCH3 is 2. The molecule has 4 rings (SSSR count). The van der Waals surface area contributed by atoms with Crippen LogP contribution in [0.25, 0.3) is 6.08 Å². The molecular formula is C26H29NO4. The number of carbonyl (C=O) groups excluding carboxylic acids is 2. The van der Waals surface area contributed by atoms with Crippen molar-refractivity contribution >= 4 is 18.0 Å². The average molecular weight is 420 g/mol. The number of carbonyl (C=O) groups is 2. The monoisotopic (exact) mass is 419 g/mol. The molecule has 2 aromatic carbocycles. The lowest BCUT2D eigenvalue weighted by Crippen LogP contribution is -2.34. The van der Waals surface area contributed by atoms with E-state index in [0.717, 1.165) is 41.7 Å². The van der Waals surface area contributed by atoms with E-state index in [1.54, 1.807) is 19.2 Å². The first kappa shape index (κ1) is 21.2. The van der Waals surface area contributed by atoms with Crippen LogP contribution < -0.4 is 10.1 Å². The van der Waals surface area contributed by atoms with E-state index in [0.29, 0.717) is 23.9 Å². The predicted octanol–water partition coefficient (Wildman–Crippen LogP) is 4.54. The number of aryl methyl sites for hydroxylation is 1. The second kappa shape index (κ2) is 8.96. The van der Waals surface area contributed by atoms with Crippen molar-refractivity contribution in [2.45, 2.75) is 32.7 Å². The predicted molar refractivity (Wildman–Crippen MR) is 120 cm³/mol. The zero-order valence-electron chi connectivity index (χ0n) is 18.3. The molecule has 2 aliphatic carbocycles. The maximum Gasteiger partial charge on any atom is 0.337 e. The molecule has 3 atom stereocenters. The van der Waals surface area contributed by atoms with Gasteiger partial charge in [0.15, 0.2) is 0 Å². The largest absolute Gasteiger partial charge is 0.497 e. The molecule has 2 bridgehead atoms. The summed E-state index contributed by atoms with van der Waals surface area (Å²) in [5, 5.41) is 3.12. The first-order chi connectivity index (χ1) is 15.0. The van der Waals surface area contributed by atoms with Gasteiger partial charge in [-0.15, -0.1) is 0 Å². The molecule has 0 heterocycles. The number of benzene rings is 2. The highest BCUT2D eigenvalue weighted by molar-refractivity contribution is 5.89. The summed E-state index contributed by atoms with van der Waals surface area (Å²) >= 11 is 0. The minimum absolute atomic E-state index is 0.0698. The molecule has 0 saturated heterocycles. The van der Waals surface area contributed by atoms with Gasteiger partial charge in [0, 0.05) is 6.54 Å². The van der Waals surface area contributed by atoms with Crippen LogP contribution in [0.4, 0.5) is 0 Å². The molecule has 0 aliphatic heterocycles. The SMILES string of the molecule is COC(=O)c1ccc(CNC(=O)C2/C(=C/c3cc(C)cc(OC)c3)C3CCC2C3)cc1. The van der Waals surface area contributed by atoms with Gasteiger partial charge < -0.3 is 14.8 Å². The van der Waals surface area contributed by atoms with E-state index >= 15 is 0 Å². The Morgan fingerprint density at radius 1 is 1.10 bits per heavy atom. The van der Waals surface area contributed by atoms with Crippen molar-refractivity contribution in [3.63, 3.8) is 0 Å². The molecule has 5 heteroatoms. The van der Waals surface area contributed by atoms with Gasteiger partial charge in [-0.05, 0) is 79.0 Å². The summed E-state index contributed by atoms with van der Waals surface area (Å²) in [6.45, 7) is 2.50. The third-order valence-corrected chi connectivity index (χ3v) is 6.54. The standard InChI is InChI=1S/C26H29NO4/c1-16-10-18(12-22(11-16)30-2)13-23-20-8-9-21(14-20)24(23)25(28)27-15-17-4-6-19(7-5-17)26(29)31-3/h4-7,10-13,20-21,24H,8-9,14-15H2,1-3H3,(H,27,28)/b23-13+. The second-order valence-corrected chi connectivity index (χ2v) is 8.58. The second-order valence-electron chi connectivity index (χ2n) is 8.58. The van der Waals surface area contributed by atoms with Gasteiger partial charge in [-0.2, -0.15) is 0 Å². The number of hydrogen-bond donors (Lipinski definition) is 1. The average Bonchev–Trinajstić information content (AvgIpc) is 3.38. The number of amides is 1. The smallest absolute Gasteiger partial charge is 0.337 e. The first-order valence-corrected chi connectivity index (χ1v) is 10.8. The number of fused-ring (bicyclic) bond motifs is 2. The summed E-state index contributed by atoms with van der Waals surface area (Å²) in [7, 11) is 3.04. The molecule has 5 nitrogen and oxygen atoms in total.